The Balaban J connectivity index is 2.33. The van der Waals surface area contributed by atoms with Gasteiger partial charge in [0.2, 0.25) is 0 Å². The van der Waals surface area contributed by atoms with Crippen LogP contribution in [0.15, 0.2) is 22.7 Å². The second kappa shape index (κ2) is 5.57. The maximum absolute atomic E-state index is 5.74. The first-order valence-corrected chi connectivity index (χ1v) is 6.68. The van der Waals surface area contributed by atoms with Gasteiger partial charge in [-0.1, -0.05) is 6.07 Å². The number of hydrogen-bond donors (Lipinski definition) is 1. The van der Waals surface area contributed by atoms with E-state index >= 15 is 0 Å². The Morgan fingerprint density at radius 3 is 2.47 bits per heavy atom. The molecule has 102 valence electrons. The molecule has 0 aromatic carbocycles. The fourth-order valence-corrected chi connectivity index (χ4v) is 2.60. The summed E-state index contributed by atoms with van der Waals surface area (Å²) in [6.45, 7) is 8.28. The van der Waals surface area contributed by atoms with Gasteiger partial charge in [-0.05, 0) is 51.9 Å². The summed E-state index contributed by atoms with van der Waals surface area (Å²) < 4.78 is 5.74. The zero-order valence-corrected chi connectivity index (χ0v) is 12.4. The topological polar surface area (TPSA) is 38.1 Å². The standard InChI is InChI=1S/C16H22N2O/c1-10-7-6-8-18-14(10)9-15(17-5)16-11(2)12(3)19-13(16)4/h6-8,15,17H,9H2,1-5H3. The summed E-state index contributed by atoms with van der Waals surface area (Å²) in [6.07, 6.45) is 2.74. The lowest BCUT2D eigenvalue weighted by atomic mass is 9.96. The second-order valence-electron chi connectivity index (χ2n) is 5.07. The quantitative estimate of drug-likeness (QED) is 0.913. The van der Waals surface area contributed by atoms with Gasteiger partial charge >= 0.3 is 0 Å². The van der Waals surface area contributed by atoms with E-state index in [9.17, 15) is 0 Å². The zero-order valence-electron chi connectivity index (χ0n) is 12.4. The van der Waals surface area contributed by atoms with Gasteiger partial charge in [0.25, 0.3) is 0 Å². The summed E-state index contributed by atoms with van der Waals surface area (Å²) in [5, 5.41) is 3.39. The van der Waals surface area contributed by atoms with Crippen molar-refractivity contribution in [1.29, 1.82) is 0 Å². The smallest absolute Gasteiger partial charge is 0.106 e. The van der Waals surface area contributed by atoms with E-state index in [1.807, 2.05) is 33.2 Å². The number of pyridine rings is 1. The van der Waals surface area contributed by atoms with E-state index in [2.05, 4.69) is 30.2 Å². The highest BCUT2D eigenvalue weighted by molar-refractivity contribution is 5.35. The number of aryl methyl sites for hydroxylation is 3. The largest absolute Gasteiger partial charge is 0.466 e. The van der Waals surface area contributed by atoms with Gasteiger partial charge in [-0.3, -0.25) is 4.98 Å². The monoisotopic (exact) mass is 258 g/mol. The molecule has 19 heavy (non-hydrogen) atoms. The molecule has 1 unspecified atom stereocenters. The number of rotatable bonds is 4. The van der Waals surface area contributed by atoms with Crippen molar-refractivity contribution < 1.29 is 4.42 Å². The molecule has 1 atom stereocenters. The van der Waals surface area contributed by atoms with E-state index in [1.165, 1.54) is 16.7 Å². The molecule has 2 rings (SSSR count). The summed E-state index contributed by atoms with van der Waals surface area (Å²) >= 11 is 0. The molecule has 3 nitrogen and oxygen atoms in total. The average Bonchev–Trinajstić information content (AvgIpc) is 2.63. The molecule has 1 N–H and O–H groups in total. The third-order valence-corrected chi connectivity index (χ3v) is 3.83. The van der Waals surface area contributed by atoms with Crippen molar-refractivity contribution in [3.63, 3.8) is 0 Å². The minimum atomic E-state index is 0.242. The van der Waals surface area contributed by atoms with Crippen molar-refractivity contribution >= 4 is 0 Å². The molecule has 2 aromatic heterocycles. The number of nitrogens with one attached hydrogen (secondary N) is 1. The summed E-state index contributed by atoms with van der Waals surface area (Å²) in [4.78, 5) is 4.49. The molecule has 0 saturated carbocycles. The Bertz CT molecular complexity index is 572. The molecular formula is C16H22N2O. The van der Waals surface area contributed by atoms with Crippen LogP contribution in [0.2, 0.25) is 0 Å². The molecule has 0 fully saturated rings. The Kier molecular flexibility index (Phi) is 4.05. The Hall–Kier alpha value is -1.61. The first kappa shape index (κ1) is 13.8. The summed E-state index contributed by atoms with van der Waals surface area (Å²) in [7, 11) is 1.99. The average molecular weight is 258 g/mol. The first-order valence-electron chi connectivity index (χ1n) is 6.68. The molecule has 0 spiro atoms. The van der Waals surface area contributed by atoms with E-state index in [0.717, 1.165) is 23.6 Å². The van der Waals surface area contributed by atoms with Crippen LogP contribution in [0.1, 0.15) is 39.9 Å². The minimum absolute atomic E-state index is 0.242. The fraction of sp³-hybridized carbons (Fsp3) is 0.438. The van der Waals surface area contributed by atoms with Gasteiger partial charge in [0.05, 0.1) is 0 Å². The molecule has 0 amide bonds. The van der Waals surface area contributed by atoms with Crippen molar-refractivity contribution in [2.45, 2.75) is 40.2 Å². The third kappa shape index (κ3) is 2.71. The molecule has 0 radical (unpaired) electrons. The van der Waals surface area contributed by atoms with Crippen LogP contribution in [0.4, 0.5) is 0 Å². The van der Waals surface area contributed by atoms with Crippen LogP contribution in [0.3, 0.4) is 0 Å². The molecular weight excluding hydrogens is 236 g/mol. The van der Waals surface area contributed by atoms with Gasteiger partial charge in [-0.15, -0.1) is 0 Å². The SMILES string of the molecule is CNC(Cc1ncccc1C)c1c(C)oc(C)c1C. The lowest BCUT2D eigenvalue weighted by Crippen LogP contribution is -2.21. The predicted octanol–water partition coefficient (Wildman–Crippen LogP) is 3.41. The van der Waals surface area contributed by atoms with Gasteiger partial charge in [-0.25, -0.2) is 0 Å². The molecule has 0 bridgehead atoms. The Labute approximate surface area is 115 Å². The van der Waals surface area contributed by atoms with Crippen molar-refractivity contribution in [3.8, 4) is 0 Å². The van der Waals surface area contributed by atoms with Gasteiger partial charge in [0.15, 0.2) is 0 Å². The first-order chi connectivity index (χ1) is 9.04. The zero-order chi connectivity index (χ0) is 14.0. The maximum atomic E-state index is 5.74. The van der Waals surface area contributed by atoms with E-state index < -0.39 is 0 Å². The molecule has 0 aliphatic rings. The van der Waals surface area contributed by atoms with Crippen LogP contribution < -0.4 is 5.32 Å². The van der Waals surface area contributed by atoms with Crippen LogP contribution in [0.5, 0.6) is 0 Å². The highest BCUT2D eigenvalue weighted by Gasteiger charge is 2.21. The number of nitrogens with zero attached hydrogens (tertiary/aromatic N) is 1. The van der Waals surface area contributed by atoms with Crippen LogP contribution in [-0.4, -0.2) is 12.0 Å². The van der Waals surface area contributed by atoms with Crippen LogP contribution in [0.25, 0.3) is 0 Å². The molecule has 0 saturated heterocycles. The highest BCUT2D eigenvalue weighted by atomic mass is 16.3. The van der Waals surface area contributed by atoms with E-state index in [1.54, 1.807) is 0 Å². The lowest BCUT2D eigenvalue weighted by molar-refractivity contribution is 0.489. The number of furan rings is 1. The number of hydrogen-bond acceptors (Lipinski definition) is 3. The molecule has 3 heteroatoms. The van der Waals surface area contributed by atoms with Crippen molar-refractivity contribution in [2.24, 2.45) is 0 Å². The van der Waals surface area contributed by atoms with Gasteiger partial charge in [0, 0.05) is 29.9 Å². The van der Waals surface area contributed by atoms with E-state index in [4.69, 9.17) is 4.42 Å². The highest BCUT2D eigenvalue weighted by Crippen LogP contribution is 2.29. The summed E-state index contributed by atoms with van der Waals surface area (Å²) in [5.74, 6) is 2.01. The third-order valence-electron chi connectivity index (χ3n) is 3.83. The lowest BCUT2D eigenvalue weighted by Gasteiger charge is -2.17. The number of likely N-dealkylation sites (N-methyl/N-ethyl adjacent to an activating group) is 1. The molecule has 2 aromatic rings. The Morgan fingerprint density at radius 1 is 1.21 bits per heavy atom. The van der Waals surface area contributed by atoms with Gasteiger partial charge in [0.1, 0.15) is 11.5 Å². The fourth-order valence-electron chi connectivity index (χ4n) is 2.60. The molecule has 0 aliphatic heterocycles. The molecule has 0 aliphatic carbocycles. The van der Waals surface area contributed by atoms with E-state index in [-0.39, 0.29) is 6.04 Å². The normalized spacial score (nSPS) is 12.7. The summed E-state index contributed by atoms with van der Waals surface area (Å²) in [5.41, 5.74) is 4.88. The van der Waals surface area contributed by atoms with Gasteiger partial charge in [-0.2, -0.15) is 0 Å². The predicted molar refractivity (Wildman–Crippen MR) is 77.4 cm³/mol. The van der Waals surface area contributed by atoms with Crippen molar-refractivity contribution in [2.75, 3.05) is 7.05 Å². The van der Waals surface area contributed by atoms with Crippen LogP contribution in [-0.2, 0) is 6.42 Å². The maximum Gasteiger partial charge on any atom is 0.106 e. The van der Waals surface area contributed by atoms with Crippen molar-refractivity contribution in [3.05, 3.63) is 52.2 Å². The van der Waals surface area contributed by atoms with E-state index in [0.29, 0.717) is 0 Å². The number of aromatic nitrogens is 1. The van der Waals surface area contributed by atoms with Crippen molar-refractivity contribution in [1.82, 2.24) is 10.3 Å². The molecule has 2 heterocycles. The van der Waals surface area contributed by atoms with Crippen LogP contribution in [0, 0.1) is 27.7 Å². The second-order valence-corrected chi connectivity index (χ2v) is 5.07. The van der Waals surface area contributed by atoms with Gasteiger partial charge < -0.3 is 9.73 Å². The Morgan fingerprint density at radius 2 is 1.95 bits per heavy atom. The summed E-state index contributed by atoms with van der Waals surface area (Å²) in [6, 6.07) is 4.33. The minimum Gasteiger partial charge on any atom is -0.466 e. The van der Waals surface area contributed by atoms with Crippen LogP contribution >= 0.6 is 0 Å².